The first-order valence-corrected chi connectivity index (χ1v) is 4.69. The maximum absolute atomic E-state index is 11.1. The van der Waals surface area contributed by atoms with Gasteiger partial charge in [0.1, 0.15) is 5.52 Å². The first-order valence-electron chi connectivity index (χ1n) is 3.90. The number of fused-ring (bicyclic) bond motifs is 1. The van der Waals surface area contributed by atoms with Crippen molar-refractivity contribution < 1.29 is 4.79 Å². The van der Waals surface area contributed by atoms with Crippen LogP contribution in [0.4, 0.5) is 0 Å². The zero-order valence-corrected chi connectivity index (χ0v) is 8.65. The summed E-state index contributed by atoms with van der Waals surface area (Å²) in [4.78, 5) is 11.1. The molecule has 1 aromatic heterocycles. The summed E-state index contributed by atoms with van der Waals surface area (Å²) in [5, 5.41) is 8.34. The third-order valence-corrected chi connectivity index (χ3v) is 2.53. The molecule has 0 aliphatic rings. The maximum atomic E-state index is 11.1. The molecule has 0 atom stereocenters. The molecule has 14 heavy (non-hydrogen) atoms. The van der Waals surface area contributed by atoms with Crippen molar-refractivity contribution in [3.63, 3.8) is 0 Å². The average molecular weight is 252 g/mol. The summed E-state index contributed by atoms with van der Waals surface area (Å²) in [6.07, 6.45) is 1.37. The number of rotatable bonds is 1. The Morgan fingerprint density at radius 1 is 1.43 bits per heavy atom. The second-order valence-corrected chi connectivity index (χ2v) is 3.61. The summed E-state index contributed by atoms with van der Waals surface area (Å²) in [5.41, 5.74) is 6.24. The number of carbonyl (C=O) groups excluding carboxylic acids is 1. The van der Waals surface area contributed by atoms with E-state index < -0.39 is 5.91 Å². The van der Waals surface area contributed by atoms with Crippen LogP contribution in [-0.2, 0) is 0 Å². The first-order chi connectivity index (χ1) is 6.70. The number of hydrogen-bond donors (Lipinski definition) is 1. The molecule has 2 N–H and O–H groups in total. The number of primary amides is 1. The van der Waals surface area contributed by atoms with Crippen molar-refractivity contribution in [3.05, 3.63) is 34.4 Å². The molecule has 0 spiro atoms. The van der Waals surface area contributed by atoms with Gasteiger partial charge >= 0.3 is 0 Å². The lowest BCUT2D eigenvalue weighted by Crippen LogP contribution is -2.12. The van der Waals surface area contributed by atoms with Crippen LogP contribution in [0.2, 0.25) is 0 Å². The number of halogens is 1. The topological polar surface area (TPSA) is 68.9 Å². The number of hydrogen-bond acceptors (Lipinski definition) is 3. The van der Waals surface area contributed by atoms with E-state index in [0.29, 0.717) is 16.5 Å². The van der Waals surface area contributed by atoms with E-state index >= 15 is 0 Å². The fourth-order valence-corrected chi connectivity index (χ4v) is 1.69. The Balaban J connectivity index is 2.88. The monoisotopic (exact) mass is 251 g/mol. The minimum absolute atomic E-state index is 0.385. The van der Waals surface area contributed by atoms with Crippen molar-refractivity contribution in [1.29, 1.82) is 0 Å². The van der Waals surface area contributed by atoms with E-state index in [2.05, 4.69) is 26.1 Å². The minimum atomic E-state index is -0.497. The highest BCUT2D eigenvalue weighted by molar-refractivity contribution is 9.10. The summed E-state index contributed by atoms with van der Waals surface area (Å²) in [5.74, 6) is -0.497. The molecule has 4 nitrogen and oxygen atoms in total. The number of aromatic nitrogens is 2. The molecule has 0 radical (unpaired) electrons. The van der Waals surface area contributed by atoms with Gasteiger partial charge in [0, 0.05) is 9.86 Å². The van der Waals surface area contributed by atoms with Gasteiger partial charge in [-0.25, -0.2) is 0 Å². The predicted octanol–water partition coefficient (Wildman–Crippen LogP) is 1.49. The molecule has 0 bridgehead atoms. The van der Waals surface area contributed by atoms with Gasteiger partial charge < -0.3 is 5.73 Å². The van der Waals surface area contributed by atoms with E-state index in [9.17, 15) is 4.79 Å². The first kappa shape index (κ1) is 9.08. The highest BCUT2D eigenvalue weighted by Crippen LogP contribution is 2.22. The van der Waals surface area contributed by atoms with Gasteiger partial charge in [-0.05, 0) is 22.0 Å². The average Bonchev–Trinajstić information content (AvgIpc) is 2.17. The highest BCUT2D eigenvalue weighted by atomic mass is 79.9. The zero-order valence-electron chi connectivity index (χ0n) is 7.07. The van der Waals surface area contributed by atoms with Crippen LogP contribution in [0.3, 0.4) is 0 Å². The Kier molecular flexibility index (Phi) is 2.17. The van der Waals surface area contributed by atoms with Crippen LogP contribution in [0.5, 0.6) is 0 Å². The number of nitrogens with two attached hydrogens (primary N) is 1. The van der Waals surface area contributed by atoms with Crippen molar-refractivity contribution in [1.82, 2.24) is 10.2 Å². The second-order valence-electron chi connectivity index (χ2n) is 2.76. The molecular weight excluding hydrogens is 246 g/mol. The van der Waals surface area contributed by atoms with Crippen molar-refractivity contribution in [2.45, 2.75) is 0 Å². The molecule has 1 aromatic carbocycles. The molecule has 70 valence electrons. The zero-order chi connectivity index (χ0) is 10.1. The quantitative estimate of drug-likeness (QED) is 0.835. The molecule has 1 heterocycles. The van der Waals surface area contributed by atoms with Gasteiger partial charge in [-0.2, -0.15) is 5.10 Å². The second kappa shape index (κ2) is 3.34. The third kappa shape index (κ3) is 1.35. The summed E-state index contributed by atoms with van der Waals surface area (Å²) in [7, 11) is 0. The third-order valence-electron chi connectivity index (χ3n) is 1.89. The molecular formula is C9H6BrN3O. The summed E-state index contributed by atoms with van der Waals surface area (Å²) in [6.45, 7) is 0. The van der Waals surface area contributed by atoms with Crippen LogP contribution in [0.25, 0.3) is 10.9 Å². The highest BCUT2D eigenvalue weighted by Gasteiger charge is 2.09. The standard InChI is InChI=1S/C9H6BrN3O/c10-7-3-1-2-5-6(9(11)14)4-12-13-8(5)7/h1-4H,(H2,11,14). The lowest BCUT2D eigenvalue weighted by Gasteiger charge is -2.01. The summed E-state index contributed by atoms with van der Waals surface area (Å²) >= 11 is 3.33. The molecule has 5 heteroatoms. The van der Waals surface area contributed by atoms with E-state index in [1.165, 1.54) is 6.20 Å². The van der Waals surface area contributed by atoms with Gasteiger partial charge in [-0.15, -0.1) is 5.10 Å². The van der Waals surface area contributed by atoms with Crippen LogP contribution < -0.4 is 5.73 Å². The summed E-state index contributed by atoms with van der Waals surface area (Å²) < 4.78 is 0.797. The van der Waals surface area contributed by atoms with Gasteiger partial charge in [-0.3, -0.25) is 4.79 Å². The Morgan fingerprint density at radius 2 is 2.21 bits per heavy atom. The normalized spacial score (nSPS) is 10.4. The molecule has 0 saturated carbocycles. The molecule has 0 unspecified atom stereocenters. The lowest BCUT2D eigenvalue weighted by molar-refractivity contribution is 0.100. The molecule has 0 fully saturated rings. The van der Waals surface area contributed by atoms with Gasteiger partial charge in [0.25, 0.3) is 5.91 Å². The minimum Gasteiger partial charge on any atom is -0.366 e. The Bertz CT molecular complexity index is 512. The summed E-state index contributed by atoms with van der Waals surface area (Å²) in [6, 6.07) is 5.44. The fourth-order valence-electron chi connectivity index (χ4n) is 1.24. The molecule has 2 rings (SSSR count). The van der Waals surface area contributed by atoms with Crippen LogP contribution in [0, 0.1) is 0 Å². The van der Waals surface area contributed by atoms with Crippen molar-refractivity contribution in [2.75, 3.05) is 0 Å². The van der Waals surface area contributed by atoms with E-state index in [1.54, 1.807) is 6.07 Å². The maximum Gasteiger partial charge on any atom is 0.251 e. The van der Waals surface area contributed by atoms with E-state index in [1.807, 2.05) is 12.1 Å². The predicted molar refractivity (Wildman–Crippen MR) is 55.8 cm³/mol. The van der Waals surface area contributed by atoms with Crippen LogP contribution in [0.15, 0.2) is 28.9 Å². The molecule has 2 aromatic rings. The van der Waals surface area contributed by atoms with Gasteiger partial charge in [-0.1, -0.05) is 12.1 Å². The van der Waals surface area contributed by atoms with Crippen LogP contribution in [0.1, 0.15) is 10.4 Å². The Morgan fingerprint density at radius 3 is 2.93 bits per heavy atom. The number of nitrogens with zero attached hydrogens (tertiary/aromatic N) is 2. The van der Waals surface area contributed by atoms with Crippen molar-refractivity contribution in [2.24, 2.45) is 5.73 Å². The lowest BCUT2D eigenvalue weighted by atomic mass is 10.1. The molecule has 0 aliphatic carbocycles. The Hall–Kier alpha value is -1.49. The van der Waals surface area contributed by atoms with Crippen LogP contribution >= 0.6 is 15.9 Å². The van der Waals surface area contributed by atoms with Crippen molar-refractivity contribution >= 4 is 32.7 Å². The number of amides is 1. The Labute approximate surface area is 88.3 Å². The van der Waals surface area contributed by atoms with E-state index in [-0.39, 0.29) is 0 Å². The smallest absolute Gasteiger partial charge is 0.251 e. The largest absolute Gasteiger partial charge is 0.366 e. The SMILES string of the molecule is NC(=O)c1cnnc2c(Br)cccc12. The van der Waals surface area contributed by atoms with E-state index in [4.69, 9.17) is 5.73 Å². The molecule has 0 saturated heterocycles. The van der Waals surface area contributed by atoms with Gasteiger partial charge in [0.15, 0.2) is 0 Å². The van der Waals surface area contributed by atoms with Crippen LogP contribution in [-0.4, -0.2) is 16.1 Å². The molecule has 1 amide bonds. The number of carbonyl (C=O) groups is 1. The van der Waals surface area contributed by atoms with Gasteiger partial charge in [0.05, 0.1) is 11.8 Å². The van der Waals surface area contributed by atoms with E-state index in [0.717, 1.165) is 4.47 Å². The number of benzene rings is 1. The molecule has 0 aliphatic heterocycles. The van der Waals surface area contributed by atoms with Gasteiger partial charge in [0.2, 0.25) is 0 Å². The van der Waals surface area contributed by atoms with Crippen molar-refractivity contribution in [3.8, 4) is 0 Å². The fraction of sp³-hybridized carbons (Fsp3) is 0.